The zero-order valence-electron chi connectivity index (χ0n) is 18.2. The van der Waals surface area contributed by atoms with Gasteiger partial charge in [0.1, 0.15) is 5.82 Å². The predicted molar refractivity (Wildman–Crippen MR) is 131 cm³/mol. The molecular weight excluding hydrogens is 436 g/mol. The summed E-state index contributed by atoms with van der Waals surface area (Å²) in [6, 6.07) is 16.6. The minimum atomic E-state index is 0.509. The van der Waals surface area contributed by atoms with Crippen LogP contribution in [0.15, 0.2) is 54.7 Å². The minimum absolute atomic E-state index is 0.509. The third-order valence-corrected chi connectivity index (χ3v) is 6.69. The first-order valence-electron chi connectivity index (χ1n) is 11.4. The third-order valence-electron chi connectivity index (χ3n) is 6.44. The minimum Gasteiger partial charge on any atom is -0.378 e. The highest BCUT2D eigenvalue weighted by Gasteiger charge is 2.22. The van der Waals surface area contributed by atoms with E-state index < -0.39 is 0 Å². The molecule has 7 nitrogen and oxygen atoms in total. The molecule has 1 saturated carbocycles. The number of benzene rings is 2. The Morgan fingerprint density at radius 2 is 1.79 bits per heavy atom. The zero-order chi connectivity index (χ0) is 22.2. The van der Waals surface area contributed by atoms with Crippen LogP contribution in [0.1, 0.15) is 25.3 Å². The van der Waals surface area contributed by atoms with Crippen LogP contribution in [0.4, 0.5) is 17.5 Å². The summed E-state index contributed by atoms with van der Waals surface area (Å²) in [5, 5.41) is 9.94. The van der Waals surface area contributed by atoms with Gasteiger partial charge in [-0.1, -0.05) is 23.7 Å². The van der Waals surface area contributed by atoms with Crippen molar-refractivity contribution in [3.63, 3.8) is 0 Å². The number of aromatic nitrogens is 4. The number of anilines is 3. The lowest BCUT2D eigenvalue weighted by Crippen LogP contribution is -2.37. The molecule has 2 aromatic carbocycles. The summed E-state index contributed by atoms with van der Waals surface area (Å²) < 4.78 is 7.71. The smallest absolute Gasteiger partial charge is 0.228 e. The molecule has 2 fully saturated rings. The zero-order valence-corrected chi connectivity index (χ0v) is 19.0. The number of nitrogens with zero attached hydrogens (tertiary/aromatic N) is 5. The van der Waals surface area contributed by atoms with Crippen molar-refractivity contribution in [2.45, 2.75) is 25.3 Å². The van der Waals surface area contributed by atoms with Gasteiger partial charge in [0.25, 0.3) is 0 Å². The molecule has 0 unspecified atom stereocenters. The second-order valence-corrected chi connectivity index (χ2v) is 9.05. The van der Waals surface area contributed by atoms with Crippen molar-refractivity contribution in [2.75, 3.05) is 36.5 Å². The SMILES string of the molecule is Clc1ccc(Nc2cc(-c3ccc4cnn(C5CCC5)c4c3)nc(N3CCOCC3)n2)cc1. The van der Waals surface area contributed by atoms with E-state index in [1.807, 2.05) is 36.5 Å². The molecule has 0 amide bonds. The van der Waals surface area contributed by atoms with Crippen LogP contribution in [0.3, 0.4) is 0 Å². The molecule has 168 valence electrons. The van der Waals surface area contributed by atoms with Gasteiger partial charge in [-0.15, -0.1) is 0 Å². The Hall–Kier alpha value is -3.16. The molecule has 2 aliphatic rings. The van der Waals surface area contributed by atoms with Gasteiger partial charge in [-0.2, -0.15) is 10.1 Å². The van der Waals surface area contributed by atoms with Crippen LogP contribution in [0.2, 0.25) is 5.02 Å². The lowest BCUT2D eigenvalue weighted by molar-refractivity contribution is 0.122. The molecule has 1 aliphatic carbocycles. The molecule has 6 rings (SSSR count). The molecular formula is C25H25ClN6O. The molecule has 0 bridgehead atoms. The number of rotatable bonds is 5. The van der Waals surface area contributed by atoms with E-state index in [0.29, 0.717) is 30.2 Å². The average molecular weight is 461 g/mol. The van der Waals surface area contributed by atoms with Gasteiger partial charge in [0.2, 0.25) is 5.95 Å². The summed E-state index contributed by atoms with van der Waals surface area (Å²) in [7, 11) is 0. The maximum Gasteiger partial charge on any atom is 0.228 e. The lowest BCUT2D eigenvalue weighted by Gasteiger charge is -2.27. The highest BCUT2D eigenvalue weighted by molar-refractivity contribution is 6.30. The molecule has 8 heteroatoms. The number of nitrogens with one attached hydrogen (secondary N) is 1. The van der Waals surface area contributed by atoms with Gasteiger partial charge in [0.05, 0.1) is 36.7 Å². The van der Waals surface area contributed by atoms with Crippen LogP contribution in [0, 0.1) is 0 Å². The van der Waals surface area contributed by atoms with Gasteiger partial charge in [-0.25, -0.2) is 4.98 Å². The Morgan fingerprint density at radius 1 is 0.970 bits per heavy atom. The number of hydrogen-bond acceptors (Lipinski definition) is 6. The first-order chi connectivity index (χ1) is 16.2. The molecule has 1 aliphatic heterocycles. The Morgan fingerprint density at radius 3 is 2.55 bits per heavy atom. The van der Waals surface area contributed by atoms with E-state index in [0.717, 1.165) is 46.8 Å². The van der Waals surface area contributed by atoms with Crippen LogP contribution in [0.5, 0.6) is 0 Å². The standard InChI is InChI=1S/C25H25ClN6O/c26-19-6-8-20(9-7-19)28-24-15-22(29-25(30-24)31-10-12-33-13-11-31)17-4-5-18-16-27-32(23(18)14-17)21-2-1-3-21/h4-9,14-16,21H,1-3,10-13H2,(H,28,29,30). The molecule has 0 radical (unpaired) electrons. The fourth-order valence-electron chi connectivity index (χ4n) is 4.35. The highest BCUT2D eigenvalue weighted by Crippen LogP contribution is 2.35. The summed E-state index contributed by atoms with van der Waals surface area (Å²) in [4.78, 5) is 11.9. The normalized spacial score (nSPS) is 16.7. The lowest BCUT2D eigenvalue weighted by atomic mass is 9.93. The van der Waals surface area contributed by atoms with Crippen LogP contribution < -0.4 is 10.2 Å². The van der Waals surface area contributed by atoms with Crippen molar-refractivity contribution in [3.8, 4) is 11.3 Å². The number of fused-ring (bicyclic) bond motifs is 1. The van der Waals surface area contributed by atoms with E-state index in [4.69, 9.17) is 26.3 Å². The average Bonchev–Trinajstić information content (AvgIpc) is 3.23. The summed E-state index contributed by atoms with van der Waals surface area (Å²) in [6.07, 6.45) is 5.64. The van der Waals surface area contributed by atoms with Gasteiger partial charge < -0.3 is 15.0 Å². The molecule has 3 heterocycles. The van der Waals surface area contributed by atoms with Gasteiger partial charge in [-0.3, -0.25) is 4.68 Å². The van der Waals surface area contributed by atoms with E-state index in [9.17, 15) is 0 Å². The van der Waals surface area contributed by atoms with Crippen LogP contribution in [0.25, 0.3) is 22.2 Å². The monoisotopic (exact) mass is 460 g/mol. The van der Waals surface area contributed by atoms with Crippen LogP contribution in [-0.4, -0.2) is 46.1 Å². The molecule has 1 saturated heterocycles. The molecule has 1 N–H and O–H groups in total. The summed E-state index contributed by atoms with van der Waals surface area (Å²) >= 11 is 6.06. The van der Waals surface area contributed by atoms with Gasteiger partial charge >= 0.3 is 0 Å². The van der Waals surface area contributed by atoms with Crippen molar-refractivity contribution in [1.29, 1.82) is 0 Å². The summed E-state index contributed by atoms with van der Waals surface area (Å²) in [5.41, 5.74) is 4.03. The second kappa shape index (κ2) is 8.65. The predicted octanol–water partition coefficient (Wildman–Crippen LogP) is 5.45. The quantitative estimate of drug-likeness (QED) is 0.427. The highest BCUT2D eigenvalue weighted by atomic mass is 35.5. The van der Waals surface area contributed by atoms with Gasteiger partial charge in [0, 0.05) is 40.8 Å². The second-order valence-electron chi connectivity index (χ2n) is 8.62. The van der Waals surface area contributed by atoms with Crippen molar-refractivity contribution < 1.29 is 4.74 Å². The maximum absolute atomic E-state index is 6.06. The Labute approximate surface area is 197 Å². The number of morpholine rings is 1. The van der Waals surface area contributed by atoms with Crippen LogP contribution >= 0.6 is 11.6 Å². The van der Waals surface area contributed by atoms with E-state index in [-0.39, 0.29) is 0 Å². The van der Waals surface area contributed by atoms with Crippen molar-refractivity contribution >= 4 is 40.0 Å². The number of halogens is 1. The summed E-state index contributed by atoms with van der Waals surface area (Å²) in [6.45, 7) is 2.91. The molecule has 33 heavy (non-hydrogen) atoms. The Kier molecular flexibility index (Phi) is 5.36. The summed E-state index contributed by atoms with van der Waals surface area (Å²) in [5.74, 6) is 1.45. The first kappa shape index (κ1) is 20.4. The van der Waals surface area contributed by atoms with E-state index >= 15 is 0 Å². The fourth-order valence-corrected chi connectivity index (χ4v) is 4.48. The van der Waals surface area contributed by atoms with Crippen LogP contribution in [-0.2, 0) is 4.74 Å². The Bertz CT molecular complexity index is 1280. The van der Waals surface area contributed by atoms with E-state index in [2.05, 4.69) is 38.2 Å². The maximum atomic E-state index is 6.06. The van der Waals surface area contributed by atoms with Crippen molar-refractivity contribution in [3.05, 3.63) is 59.8 Å². The fraction of sp³-hybridized carbons (Fsp3) is 0.320. The van der Waals surface area contributed by atoms with Gasteiger partial charge in [0.15, 0.2) is 0 Å². The Balaban J connectivity index is 1.41. The van der Waals surface area contributed by atoms with Crippen molar-refractivity contribution in [2.24, 2.45) is 0 Å². The largest absolute Gasteiger partial charge is 0.378 e. The molecule has 2 aromatic heterocycles. The first-order valence-corrected chi connectivity index (χ1v) is 11.8. The third kappa shape index (κ3) is 4.14. The number of ether oxygens (including phenoxy) is 1. The molecule has 4 aromatic rings. The molecule has 0 spiro atoms. The van der Waals surface area contributed by atoms with E-state index in [1.54, 1.807) is 0 Å². The topological polar surface area (TPSA) is 68.1 Å². The van der Waals surface area contributed by atoms with Gasteiger partial charge in [-0.05, 0) is 49.6 Å². The van der Waals surface area contributed by atoms with E-state index in [1.165, 1.54) is 19.3 Å². The molecule has 0 atom stereocenters. The number of hydrogen-bond donors (Lipinski definition) is 1. The van der Waals surface area contributed by atoms with Crippen molar-refractivity contribution in [1.82, 2.24) is 19.7 Å².